The third-order valence-corrected chi connectivity index (χ3v) is 3.62. The van der Waals surface area contributed by atoms with E-state index >= 15 is 0 Å². The van der Waals surface area contributed by atoms with E-state index in [9.17, 15) is 26.3 Å². The molecule has 0 bridgehead atoms. The number of benzene rings is 1. The molecule has 1 aromatic heterocycles. The van der Waals surface area contributed by atoms with Crippen LogP contribution in [0.5, 0.6) is 0 Å². The van der Waals surface area contributed by atoms with Crippen molar-refractivity contribution >= 4 is 23.7 Å². The van der Waals surface area contributed by atoms with Gasteiger partial charge in [0.1, 0.15) is 0 Å². The van der Waals surface area contributed by atoms with Crippen LogP contribution < -0.4 is 5.73 Å². The zero-order chi connectivity index (χ0) is 15.8. The second kappa shape index (κ2) is 6.47. The highest BCUT2D eigenvalue weighted by Gasteiger charge is 2.38. The summed E-state index contributed by atoms with van der Waals surface area (Å²) in [7, 11) is 0. The summed E-state index contributed by atoms with van der Waals surface area (Å²) in [6.07, 6.45) is -9.50. The first-order chi connectivity index (χ1) is 9.60. The van der Waals surface area contributed by atoms with E-state index in [1.165, 1.54) is 22.8 Å². The molecule has 9 heteroatoms. The smallest absolute Gasteiger partial charge is 0.320 e. The number of halogens is 7. The van der Waals surface area contributed by atoms with Gasteiger partial charge in [0.2, 0.25) is 0 Å². The Morgan fingerprint density at radius 1 is 0.955 bits per heavy atom. The number of nitrogens with two attached hydrogens (primary N) is 1. The Morgan fingerprint density at radius 3 is 2.05 bits per heavy atom. The van der Waals surface area contributed by atoms with Crippen LogP contribution in [0.4, 0.5) is 26.3 Å². The van der Waals surface area contributed by atoms with Gasteiger partial charge >= 0.3 is 12.4 Å². The van der Waals surface area contributed by atoms with Crippen molar-refractivity contribution in [2.75, 3.05) is 0 Å². The van der Waals surface area contributed by atoms with Crippen molar-refractivity contribution in [1.82, 2.24) is 0 Å². The van der Waals surface area contributed by atoms with Crippen LogP contribution in [0.3, 0.4) is 0 Å². The lowest BCUT2D eigenvalue weighted by Gasteiger charge is -2.19. The summed E-state index contributed by atoms with van der Waals surface area (Å²) < 4.78 is 76.9. The maximum atomic E-state index is 12.9. The quantitative estimate of drug-likeness (QED) is 0.726. The highest BCUT2D eigenvalue weighted by Crippen LogP contribution is 2.39. The van der Waals surface area contributed by atoms with Gasteiger partial charge in [-0.2, -0.15) is 37.7 Å². The van der Waals surface area contributed by atoms with Crippen molar-refractivity contribution in [3.8, 4) is 0 Å². The topological polar surface area (TPSA) is 26.0 Å². The highest BCUT2D eigenvalue weighted by molar-refractivity contribution is 7.08. The van der Waals surface area contributed by atoms with Crippen molar-refractivity contribution in [3.63, 3.8) is 0 Å². The van der Waals surface area contributed by atoms with Crippen LogP contribution in [-0.2, 0) is 12.4 Å². The number of hydrogen-bond donors (Lipinski definition) is 1. The van der Waals surface area contributed by atoms with Gasteiger partial charge in [-0.05, 0) is 46.2 Å². The summed E-state index contributed by atoms with van der Waals surface area (Å²) in [6.45, 7) is 0. The minimum absolute atomic E-state index is 0. The molecule has 122 valence electrons. The third kappa shape index (κ3) is 3.93. The standard InChI is InChI=1S/C13H9F6NS.ClH/c14-12(15,16)8-1-2-10(13(17,18)19)9(5-8)11(20)7-3-4-21-6-7;/h1-6,11H,20H2;1H/t11-;/m1./s1. The first-order valence-electron chi connectivity index (χ1n) is 5.66. The largest absolute Gasteiger partial charge is 0.416 e. The molecule has 2 rings (SSSR count). The van der Waals surface area contributed by atoms with Crippen LogP contribution >= 0.6 is 23.7 Å². The van der Waals surface area contributed by atoms with Gasteiger partial charge in [-0.3, -0.25) is 0 Å². The zero-order valence-corrected chi connectivity index (χ0v) is 12.3. The van der Waals surface area contributed by atoms with Gasteiger partial charge in [0, 0.05) is 0 Å². The Kier molecular flexibility index (Phi) is 5.53. The fourth-order valence-electron chi connectivity index (χ4n) is 1.89. The predicted octanol–water partition coefficient (Wildman–Crippen LogP) is 5.26. The molecular weight excluding hydrogens is 352 g/mol. The minimum atomic E-state index is -4.77. The molecule has 1 heterocycles. The second-order valence-electron chi connectivity index (χ2n) is 4.33. The maximum absolute atomic E-state index is 12.9. The van der Waals surface area contributed by atoms with Gasteiger partial charge in [0.15, 0.2) is 0 Å². The van der Waals surface area contributed by atoms with E-state index in [-0.39, 0.29) is 12.4 Å². The first kappa shape index (κ1) is 18.8. The molecule has 0 amide bonds. The van der Waals surface area contributed by atoms with Crippen molar-refractivity contribution < 1.29 is 26.3 Å². The Balaban J connectivity index is 0.00000242. The molecule has 0 aliphatic heterocycles. The molecule has 0 saturated carbocycles. The summed E-state index contributed by atoms with van der Waals surface area (Å²) in [5.74, 6) is 0. The summed E-state index contributed by atoms with van der Waals surface area (Å²) >= 11 is 1.20. The number of alkyl halides is 6. The molecule has 2 aromatic rings. The third-order valence-electron chi connectivity index (χ3n) is 2.92. The molecule has 0 unspecified atom stereocenters. The monoisotopic (exact) mass is 361 g/mol. The Labute approximate surface area is 132 Å². The molecule has 0 fully saturated rings. The van der Waals surface area contributed by atoms with Crippen molar-refractivity contribution in [1.29, 1.82) is 0 Å². The molecule has 0 aliphatic rings. The summed E-state index contributed by atoms with van der Waals surface area (Å²) in [5, 5.41) is 3.10. The average Bonchev–Trinajstić information content (AvgIpc) is 2.88. The molecule has 1 aromatic carbocycles. The predicted molar refractivity (Wildman–Crippen MR) is 74.0 cm³/mol. The van der Waals surface area contributed by atoms with Crippen LogP contribution in [0, 0.1) is 0 Å². The van der Waals surface area contributed by atoms with E-state index in [1.807, 2.05) is 0 Å². The average molecular weight is 362 g/mol. The Hall–Kier alpha value is -1.25. The van der Waals surface area contributed by atoms with Gasteiger partial charge in [-0.1, -0.05) is 0 Å². The van der Waals surface area contributed by atoms with Crippen LogP contribution in [0.25, 0.3) is 0 Å². The van der Waals surface area contributed by atoms with E-state index in [2.05, 4.69) is 0 Å². The van der Waals surface area contributed by atoms with E-state index < -0.39 is 35.1 Å². The van der Waals surface area contributed by atoms with Gasteiger partial charge in [0.25, 0.3) is 0 Å². The Bertz CT molecular complexity index is 620. The van der Waals surface area contributed by atoms with E-state index in [0.717, 1.165) is 0 Å². The summed E-state index contributed by atoms with van der Waals surface area (Å²) in [5.41, 5.74) is 3.15. The van der Waals surface area contributed by atoms with E-state index in [0.29, 0.717) is 23.8 Å². The normalized spacial score (nSPS) is 13.6. The van der Waals surface area contributed by atoms with Crippen molar-refractivity contribution in [3.05, 3.63) is 57.3 Å². The van der Waals surface area contributed by atoms with Crippen LogP contribution in [0.1, 0.15) is 28.3 Å². The molecule has 0 radical (unpaired) electrons. The van der Waals surface area contributed by atoms with Crippen LogP contribution in [-0.4, -0.2) is 0 Å². The lowest BCUT2D eigenvalue weighted by molar-refractivity contribution is -0.142. The van der Waals surface area contributed by atoms with E-state index in [1.54, 1.807) is 5.38 Å². The van der Waals surface area contributed by atoms with Gasteiger partial charge in [0.05, 0.1) is 17.2 Å². The zero-order valence-electron chi connectivity index (χ0n) is 10.7. The van der Waals surface area contributed by atoms with Crippen LogP contribution in [0.2, 0.25) is 0 Å². The molecule has 22 heavy (non-hydrogen) atoms. The summed E-state index contributed by atoms with van der Waals surface area (Å²) in [6, 6.07) is 1.51. The molecule has 1 atom stereocenters. The second-order valence-corrected chi connectivity index (χ2v) is 5.11. The molecule has 0 saturated heterocycles. The summed E-state index contributed by atoms with van der Waals surface area (Å²) in [4.78, 5) is 0. The van der Waals surface area contributed by atoms with Gasteiger partial charge in [-0.25, -0.2) is 0 Å². The van der Waals surface area contributed by atoms with Crippen molar-refractivity contribution in [2.24, 2.45) is 5.73 Å². The molecule has 1 nitrogen and oxygen atoms in total. The Morgan fingerprint density at radius 2 is 1.59 bits per heavy atom. The fourth-order valence-corrected chi connectivity index (χ4v) is 2.58. The number of hydrogen-bond acceptors (Lipinski definition) is 2. The molecule has 0 aliphatic carbocycles. The molecule has 2 N–H and O–H groups in total. The molecular formula is C13H10ClF6NS. The first-order valence-corrected chi connectivity index (χ1v) is 6.61. The lowest BCUT2D eigenvalue weighted by atomic mass is 9.94. The van der Waals surface area contributed by atoms with Gasteiger partial charge in [-0.15, -0.1) is 12.4 Å². The van der Waals surface area contributed by atoms with Crippen LogP contribution in [0.15, 0.2) is 35.0 Å². The lowest BCUT2D eigenvalue weighted by Crippen LogP contribution is -2.19. The number of thiophene rings is 1. The molecule has 0 spiro atoms. The fraction of sp³-hybridized carbons (Fsp3) is 0.231. The van der Waals surface area contributed by atoms with E-state index in [4.69, 9.17) is 5.73 Å². The maximum Gasteiger partial charge on any atom is 0.416 e. The van der Waals surface area contributed by atoms with Gasteiger partial charge < -0.3 is 5.73 Å². The van der Waals surface area contributed by atoms with Crippen molar-refractivity contribution in [2.45, 2.75) is 18.4 Å². The minimum Gasteiger partial charge on any atom is -0.320 e. The number of rotatable bonds is 2. The SMILES string of the molecule is Cl.N[C@H](c1ccsc1)c1cc(C(F)(F)F)ccc1C(F)(F)F. The highest BCUT2D eigenvalue weighted by atomic mass is 35.5.